The van der Waals surface area contributed by atoms with Crippen molar-refractivity contribution in [3.8, 4) is 5.75 Å². The van der Waals surface area contributed by atoms with Crippen molar-refractivity contribution in [3.63, 3.8) is 0 Å². The van der Waals surface area contributed by atoms with Crippen molar-refractivity contribution in [2.75, 3.05) is 5.73 Å². The molecule has 0 aliphatic rings. The van der Waals surface area contributed by atoms with E-state index in [2.05, 4.69) is 36.7 Å². The molecule has 3 nitrogen and oxygen atoms in total. The van der Waals surface area contributed by atoms with Crippen LogP contribution in [0.2, 0.25) is 0 Å². The monoisotopic (exact) mass is 280 g/mol. The van der Waals surface area contributed by atoms with Crippen molar-refractivity contribution in [3.05, 3.63) is 59.8 Å². The zero-order chi connectivity index (χ0) is 14.8. The fraction of sp³-hybridized carbons (Fsp3) is 0.222. The Morgan fingerprint density at radius 1 is 1.14 bits per heavy atom. The van der Waals surface area contributed by atoms with Crippen LogP contribution in [0.3, 0.4) is 0 Å². The predicted octanol–water partition coefficient (Wildman–Crippen LogP) is 4.13. The van der Waals surface area contributed by atoms with Gasteiger partial charge in [-0.1, -0.05) is 24.3 Å². The number of aryl methyl sites for hydroxylation is 2. The van der Waals surface area contributed by atoms with Gasteiger partial charge in [0.25, 0.3) is 0 Å². The largest absolute Gasteiger partial charge is 0.489 e. The molecule has 2 aromatic carbocycles. The molecule has 1 heterocycles. The van der Waals surface area contributed by atoms with Crippen LogP contribution >= 0.6 is 0 Å². The van der Waals surface area contributed by atoms with E-state index in [4.69, 9.17) is 10.5 Å². The number of para-hydroxylation sites is 1. The Bertz CT molecular complexity index is 774. The number of benzene rings is 2. The fourth-order valence-electron chi connectivity index (χ4n) is 2.64. The predicted molar refractivity (Wildman–Crippen MR) is 87.5 cm³/mol. The average molecular weight is 280 g/mol. The van der Waals surface area contributed by atoms with E-state index in [1.807, 2.05) is 30.3 Å². The Morgan fingerprint density at radius 3 is 2.71 bits per heavy atom. The van der Waals surface area contributed by atoms with Gasteiger partial charge in [0, 0.05) is 29.4 Å². The van der Waals surface area contributed by atoms with E-state index in [1.54, 1.807) is 0 Å². The van der Waals surface area contributed by atoms with Crippen molar-refractivity contribution in [1.29, 1.82) is 0 Å². The van der Waals surface area contributed by atoms with Crippen LogP contribution in [-0.4, -0.2) is 4.57 Å². The van der Waals surface area contributed by atoms with E-state index in [0.29, 0.717) is 6.61 Å². The van der Waals surface area contributed by atoms with Crippen LogP contribution < -0.4 is 10.5 Å². The van der Waals surface area contributed by atoms with Crippen LogP contribution in [0.4, 0.5) is 5.69 Å². The van der Waals surface area contributed by atoms with Gasteiger partial charge in [0.2, 0.25) is 0 Å². The second kappa shape index (κ2) is 5.52. The Hall–Kier alpha value is -2.42. The molecule has 0 spiro atoms. The molecular formula is C18H20N2O. The molecule has 0 atom stereocenters. The van der Waals surface area contributed by atoms with Gasteiger partial charge >= 0.3 is 0 Å². The van der Waals surface area contributed by atoms with Crippen LogP contribution in [0.25, 0.3) is 10.9 Å². The lowest BCUT2D eigenvalue weighted by Crippen LogP contribution is -1.96. The van der Waals surface area contributed by atoms with E-state index in [9.17, 15) is 0 Å². The average Bonchev–Trinajstić information content (AvgIpc) is 2.83. The third kappa shape index (κ3) is 2.59. The third-order valence-corrected chi connectivity index (χ3v) is 3.81. The SMILES string of the molecule is CCn1cc(COc2ccccc2C)c2ccc(N)cc21. The topological polar surface area (TPSA) is 40.2 Å². The maximum Gasteiger partial charge on any atom is 0.122 e. The minimum atomic E-state index is 0.568. The van der Waals surface area contributed by atoms with Gasteiger partial charge in [0.1, 0.15) is 12.4 Å². The molecule has 0 saturated heterocycles. The van der Waals surface area contributed by atoms with Crippen molar-refractivity contribution in [1.82, 2.24) is 4.57 Å². The molecule has 0 fully saturated rings. The van der Waals surface area contributed by atoms with Gasteiger partial charge < -0.3 is 15.0 Å². The molecule has 21 heavy (non-hydrogen) atoms. The number of hydrogen-bond acceptors (Lipinski definition) is 2. The van der Waals surface area contributed by atoms with Gasteiger partial charge in [-0.05, 0) is 37.6 Å². The molecular weight excluding hydrogens is 260 g/mol. The van der Waals surface area contributed by atoms with E-state index >= 15 is 0 Å². The summed E-state index contributed by atoms with van der Waals surface area (Å²) in [6.45, 7) is 5.68. The second-order valence-corrected chi connectivity index (χ2v) is 5.27. The summed E-state index contributed by atoms with van der Waals surface area (Å²) < 4.78 is 8.18. The number of fused-ring (bicyclic) bond motifs is 1. The fourth-order valence-corrected chi connectivity index (χ4v) is 2.64. The molecule has 0 bridgehead atoms. The van der Waals surface area contributed by atoms with Crippen LogP contribution in [0.15, 0.2) is 48.7 Å². The van der Waals surface area contributed by atoms with Crippen LogP contribution in [0, 0.1) is 6.92 Å². The normalized spacial score (nSPS) is 11.0. The highest BCUT2D eigenvalue weighted by atomic mass is 16.5. The van der Waals surface area contributed by atoms with Crippen molar-refractivity contribution in [2.24, 2.45) is 0 Å². The molecule has 0 unspecified atom stereocenters. The molecule has 0 aliphatic heterocycles. The summed E-state index contributed by atoms with van der Waals surface area (Å²) in [5.74, 6) is 0.936. The van der Waals surface area contributed by atoms with E-state index in [-0.39, 0.29) is 0 Å². The summed E-state index contributed by atoms with van der Waals surface area (Å²) in [5, 5.41) is 1.21. The van der Waals surface area contributed by atoms with Gasteiger partial charge in [-0.25, -0.2) is 0 Å². The van der Waals surface area contributed by atoms with E-state index in [1.165, 1.54) is 16.5 Å². The third-order valence-electron chi connectivity index (χ3n) is 3.81. The molecule has 3 aromatic rings. The number of nitrogens with zero attached hydrogens (tertiary/aromatic N) is 1. The summed E-state index contributed by atoms with van der Waals surface area (Å²) in [7, 11) is 0. The quantitative estimate of drug-likeness (QED) is 0.730. The van der Waals surface area contributed by atoms with Gasteiger partial charge in [-0.2, -0.15) is 0 Å². The lowest BCUT2D eigenvalue weighted by molar-refractivity contribution is 0.305. The Kier molecular flexibility index (Phi) is 3.57. The van der Waals surface area contributed by atoms with Crippen LogP contribution in [-0.2, 0) is 13.2 Å². The number of hydrogen-bond donors (Lipinski definition) is 1. The smallest absolute Gasteiger partial charge is 0.122 e. The first-order valence-electron chi connectivity index (χ1n) is 7.24. The number of anilines is 1. The maximum atomic E-state index is 5.97. The lowest BCUT2D eigenvalue weighted by atomic mass is 10.1. The van der Waals surface area contributed by atoms with Gasteiger partial charge in [0.05, 0.1) is 5.52 Å². The zero-order valence-corrected chi connectivity index (χ0v) is 12.5. The minimum absolute atomic E-state index is 0.568. The molecule has 108 valence electrons. The first-order valence-corrected chi connectivity index (χ1v) is 7.24. The number of rotatable bonds is 4. The summed E-state index contributed by atoms with van der Waals surface area (Å²) in [5.41, 5.74) is 10.2. The lowest BCUT2D eigenvalue weighted by Gasteiger charge is -2.08. The molecule has 0 amide bonds. The first kappa shape index (κ1) is 13.6. The number of aromatic nitrogens is 1. The van der Waals surface area contributed by atoms with Crippen molar-refractivity contribution >= 4 is 16.6 Å². The summed E-state index contributed by atoms with van der Waals surface area (Å²) in [6.07, 6.45) is 2.16. The van der Waals surface area contributed by atoms with Gasteiger partial charge in [-0.15, -0.1) is 0 Å². The van der Waals surface area contributed by atoms with Crippen molar-refractivity contribution < 1.29 is 4.74 Å². The maximum absolute atomic E-state index is 5.97. The number of ether oxygens (including phenoxy) is 1. The minimum Gasteiger partial charge on any atom is -0.489 e. The molecule has 0 aliphatic carbocycles. The van der Waals surface area contributed by atoms with Gasteiger partial charge in [-0.3, -0.25) is 0 Å². The number of nitrogen functional groups attached to an aromatic ring is 1. The van der Waals surface area contributed by atoms with Crippen LogP contribution in [0.5, 0.6) is 5.75 Å². The highest BCUT2D eigenvalue weighted by molar-refractivity contribution is 5.86. The van der Waals surface area contributed by atoms with E-state index < -0.39 is 0 Å². The second-order valence-electron chi connectivity index (χ2n) is 5.27. The van der Waals surface area contributed by atoms with Crippen molar-refractivity contribution in [2.45, 2.75) is 27.0 Å². The standard InChI is InChI=1S/C18H20N2O/c1-3-20-11-14(16-9-8-15(19)10-17(16)20)12-21-18-7-5-4-6-13(18)2/h4-11H,3,12,19H2,1-2H3. The molecule has 3 heteroatoms. The Balaban J connectivity index is 1.92. The highest BCUT2D eigenvalue weighted by Gasteiger charge is 2.09. The highest BCUT2D eigenvalue weighted by Crippen LogP contribution is 2.26. The zero-order valence-electron chi connectivity index (χ0n) is 12.5. The molecule has 2 N–H and O–H groups in total. The summed E-state index contributed by atoms with van der Waals surface area (Å²) in [4.78, 5) is 0. The van der Waals surface area contributed by atoms with Crippen LogP contribution in [0.1, 0.15) is 18.1 Å². The van der Waals surface area contributed by atoms with Gasteiger partial charge in [0.15, 0.2) is 0 Å². The van der Waals surface area contributed by atoms with E-state index in [0.717, 1.165) is 23.5 Å². The number of nitrogens with two attached hydrogens (primary N) is 1. The molecule has 1 aromatic heterocycles. The molecule has 0 radical (unpaired) electrons. The Morgan fingerprint density at radius 2 is 1.95 bits per heavy atom. The Labute approximate surface area is 125 Å². The molecule has 0 saturated carbocycles. The first-order chi connectivity index (χ1) is 10.2. The summed E-state index contributed by atoms with van der Waals surface area (Å²) in [6, 6.07) is 14.1. The summed E-state index contributed by atoms with van der Waals surface area (Å²) >= 11 is 0. The molecule has 3 rings (SSSR count).